The Morgan fingerprint density at radius 2 is 2.12 bits per heavy atom. The van der Waals surface area contributed by atoms with Gasteiger partial charge in [0.05, 0.1) is 19.0 Å². The lowest BCUT2D eigenvalue weighted by molar-refractivity contribution is 0.111. The summed E-state index contributed by atoms with van der Waals surface area (Å²) in [5, 5.41) is 0. The first-order valence-corrected chi connectivity index (χ1v) is 4.88. The number of benzene rings is 1. The number of carbonyl (C=O) groups excluding carboxylic acids is 1. The molecule has 0 unspecified atom stereocenters. The minimum atomic E-state index is 0.404. The van der Waals surface area contributed by atoms with Gasteiger partial charge < -0.3 is 9.30 Å². The topological polar surface area (TPSA) is 44.1 Å². The van der Waals surface area contributed by atoms with Crippen LogP contribution in [0.25, 0.3) is 11.3 Å². The molecule has 0 radical (unpaired) electrons. The highest BCUT2D eigenvalue weighted by Gasteiger charge is 2.11. The Morgan fingerprint density at radius 1 is 1.38 bits per heavy atom. The fourth-order valence-corrected chi connectivity index (χ4v) is 1.64. The average molecular weight is 216 g/mol. The molecule has 0 aliphatic rings. The van der Waals surface area contributed by atoms with Gasteiger partial charge in [-0.1, -0.05) is 12.1 Å². The van der Waals surface area contributed by atoms with Crippen molar-refractivity contribution < 1.29 is 9.53 Å². The van der Waals surface area contributed by atoms with E-state index in [0.717, 1.165) is 23.3 Å². The minimum Gasteiger partial charge on any atom is -0.496 e. The van der Waals surface area contributed by atoms with Crippen LogP contribution in [0.3, 0.4) is 0 Å². The van der Waals surface area contributed by atoms with E-state index in [9.17, 15) is 4.79 Å². The molecule has 0 spiro atoms. The SMILES string of the molecule is COc1ccccc1-c1cnc(C=O)n1C. The number of para-hydroxylation sites is 1. The molecule has 0 aliphatic heterocycles. The van der Waals surface area contributed by atoms with E-state index in [4.69, 9.17) is 4.74 Å². The third-order valence-electron chi connectivity index (χ3n) is 2.51. The van der Waals surface area contributed by atoms with Crippen molar-refractivity contribution >= 4 is 6.29 Å². The van der Waals surface area contributed by atoms with Crippen LogP contribution in [0.5, 0.6) is 5.75 Å². The van der Waals surface area contributed by atoms with Gasteiger partial charge in [0, 0.05) is 12.6 Å². The first-order valence-electron chi connectivity index (χ1n) is 4.88. The molecule has 0 saturated carbocycles. The first-order chi connectivity index (χ1) is 7.77. The predicted molar refractivity (Wildman–Crippen MR) is 60.6 cm³/mol. The highest BCUT2D eigenvalue weighted by atomic mass is 16.5. The van der Waals surface area contributed by atoms with Crippen molar-refractivity contribution in [1.29, 1.82) is 0 Å². The lowest BCUT2D eigenvalue weighted by atomic mass is 10.1. The highest BCUT2D eigenvalue weighted by Crippen LogP contribution is 2.29. The molecular formula is C12H12N2O2. The number of aldehydes is 1. The van der Waals surface area contributed by atoms with E-state index in [1.165, 1.54) is 0 Å². The van der Waals surface area contributed by atoms with Crippen LogP contribution in [0.1, 0.15) is 10.6 Å². The highest BCUT2D eigenvalue weighted by molar-refractivity contribution is 5.74. The van der Waals surface area contributed by atoms with Crippen molar-refractivity contribution in [2.24, 2.45) is 7.05 Å². The van der Waals surface area contributed by atoms with Gasteiger partial charge in [0.1, 0.15) is 5.75 Å². The van der Waals surface area contributed by atoms with E-state index in [2.05, 4.69) is 4.98 Å². The van der Waals surface area contributed by atoms with Gasteiger partial charge >= 0.3 is 0 Å². The first kappa shape index (κ1) is 10.4. The van der Waals surface area contributed by atoms with E-state index in [1.54, 1.807) is 24.9 Å². The number of rotatable bonds is 3. The van der Waals surface area contributed by atoms with Gasteiger partial charge in [0.2, 0.25) is 0 Å². The van der Waals surface area contributed by atoms with E-state index >= 15 is 0 Å². The van der Waals surface area contributed by atoms with Crippen molar-refractivity contribution in [1.82, 2.24) is 9.55 Å². The molecule has 0 fully saturated rings. The standard InChI is InChI=1S/C12H12N2O2/c1-14-10(7-13-12(14)8-15)9-5-3-4-6-11(9)16-2/h3-8H,1-2H3. The summed E-state index contributed by atoms with van der Waals surface area (Å²) in [4.78, 5) is 14.7. The predicted octanol–water partition coefficient (Wildman–Crippen LogP) is 1.91. The van der Waals surface area contributed by atoms with Gasteiger partial charge in [-0.25, -0.2) is 4.98 Å². The molecule has 4 nitrogen and oxygen atoms in total. The Balaban J connectivity index is 2.58. The van der Waals surface area contributed by atoms with Crippen LogP contribution in [0, 0.1) is 0 Å². The number of ether oxygens (including phenoxy) is 1. The summed E-state index contributed by atoms with van der Waals surface area (Å²) >= 11 is 0. The molecule has 16 heavy (non-hydrogen) atoms. The average Bonchev–Trinajstić information content (AvgIpc) is 2.70. The number of carbonyl (C=O) groups is 1. The third-order valence-corrected chi connectivity index (χ3v) is 2.51. The number of methoxy groups -OCH3 is 1. The van der Waals surface area contributed by atoms with Gasteiger partial charge in [-0.05, 0) is 12.1 Å². The molecule has 0 atom stereocenters. The molecule has 0 bridgehead atoms. The van der Waals surface area contributed by atoms with Crippen LogP contribution in [0.2, 0.25) is 0 Å². The lowest BCUT2D eigenvalue weighted by Crippen LogP contribution is -1.98. The van der Waals surface area contributed by atoms with E-state index in [0.29, 0.717) is 5.82 Å². The molecule has 1 aromatic carbocycles. The van der Waals surface area contributed by atoms with Crippen LogP contribution in [-0.2, 0) is 7.05 Å². The number of hydrogen-bond acceptors (Lipinski definition) is 3. The summed E-state index contributed by atoms with van der Waals surface area (Å²) in [6, 6.07) is 7.64. The zero-order valence-electron chi connectivity index (χ0n) is 9.18. The van der Waals surface area contributed by atoms with Crippen molar-refractivity contribution in [2.75, 3.05) is 7.11 Å². The summed E-state index contributed by atoms with van der Waals surface area (Å²) in [7, 11) is 3.42. The molecule has 1 heterocycles. The third kappa shape index (κ3) is 1.58. The maximum atomic E-state index is 10.7. The van der Waals surface area contributed by atoms with Crippen LogP contribution < -0.4 is 4.74 Å². The van der Waals surface area contributed by atoms with Gasteiger partial charge in [-0.15, -0.1) is 0 Å². The van der Waals surface area contributed by atoms with Gasteiger partial charge in [-0.3, -0.25) is 4.79 Å². The maximum absolute atomic E-state index is 10.7. The summed E-state index contributed by atoms with van der Waals surface area (Å²) in [6.07, 6.45) is 2.40. The van der Waals surface area contributed by atoms with Crippen LogP contribution in [-0.4, -0.2) is 22.9 Å². The Labute approximate surface area is 93.5 Å². The zero-order chi connectivity index (χ0) is 11.5. The van der Waals surface area contributed by atoms with Gasteiger partial charge in [0.25, 0.3) is 0 Å². The fraction of sp³-hybridized carbons (Fsp3) is 0.167. The van der Waals surface area contributed by atoms with Crippen molar-refractivity contribution in [3.8, 4) is 17.0 Å². The molecule has 0 aliphatic carbocycles. The minimum absolute atomic E-state index is 0.404. The van der Waals surface area contributed by atoms with Crippen LogP contribution in [0.15, 0.2) is 30.5 Å². The number of hydrogen-bond donors (Lipinski definition) is 0. The fourth-order valence-electron chi connectivity index (χ4n) is 1.64. The van der Waals surface area contributed by atoms with Crippen LogP contribution >= 0.6 is 0 Å². The number of imidazole rings is 1. The summed E-state index contributed by atoms with van der Waals surface area (Å²) < 4.78 is 7.01. The Hall–Kier alpha value is -2.10. The number of aromatic nitrogens is 2. The normalized spacial score (nSPS) is 10.1. The molecule has 0 saturated heterocycles. The molecule has 1 aromatic heterocycles. The molecular weight excluding hydrogens is 204 g/mol. The second kappa shape index (κ2) is 4.18. The molecule has 0 amide bonds. The molecule has 0 N–H and O–H groups in total. The van der Waals surface area contributed by atoms with E-state index in [1.807, 2.05) is 24.3 Å². The monoisotopic (exact) mass is 216 g/mol. The lowest BCUT2D eigenvalue weighted by Gasteiger charge is -2.08. The van der Waals surface area contributed by atoms with Crippen molar-refractivity contribution in [3.05, 3.63) is 36.3 Å². The van der Waals surface area contributed by atoms with Gasteiger partial charge in [0.15, 0.2) is 12.1 Å². The summed E-state index contributed by atoms with van der Waals surface area (Å²) in [5.41, 5.74) is 1.78. The van der Waals surface area contributed by atoms with E-state index in [-0.39, 0.29) is 0 Å². The second-order valence-electron chi connectivity index (χ2n) is 3.38. The molecule has 2 aromatic rings. The largest absolute Gasteiger partial charge is 0.496 e. The Bertz CT molecular complexity index is 517. The quantitative estimate of drug-likeness (QED) is 0.736. The summed E-state index contributed by atoms with van der Waals surface area (Å²) in [6.45, 7) is 0. The maximum Gasteiger partial charge on any atom is 0.185 e. The van der Waals surface area contributed by atoms with Crippen molar-refractivity contribution in [2.45, 2.75) is 0 Å². The molecule has 2 rings (SSSR count). The Morgan fingerprint density at radius 3 is 2.75 bits per heavy atom. The van der Waals surface area contributed by atoms with E-state index < -0.39 is 0 Å². The zero-order valence-corrected chi connectivity index (χ0v) is 9.18. The molecule has 82 valence electrons. The second-order valence-corrected chi connectivity index (χ2v) is 3.38. The smallest absolute Gasteiger partial charge is 0.185 e. The number of nitrogens with zero attached hydrogens (tertiary/aromatic N) is 2. The molecule has 4 heteroatoms. The van der Waals surface area contributed by atoms with Gasteiger partial charge in [-0.2, -0.15) is 0 Å². The summed E-state index contributed by atoms with van der Waals surface area (Å²) in [5.74, 6) is 1.17. The van der Waals surface area contributed by atoms with Crippen molar-refractivity contribution in [3.63, 3.8) is 0 Å². The van der Waals surface area contributed by atoms with Crippen LogP contribution in [0.4, 0.5) is 0 Å². The Kier molecular flexibility index (Phi) is 2.72.